The molecule has 2 heterocycles. The molecule has 0 saturated heterocycles. The van der Waals surface area contributed by atoms with Crippen LogP contribution in [0.25, 0.3) is 16.4 Å². The first kappa shape index (κ1) is 6.66. The molecule has 13 heavy (non-hydrogen) atoms. The van der Waals surface area contributed by atoms with Gasteiger partial charge in [0.05, 0.1) is 17.2 Å². The minimum Gasteiger partial charge on any atom is -0.313 e. The maximum absolute atomic E-state index is 3.96. The Morgan fingerprint density at radius 1 is 1.23 bits per heavy atom. The number of aromatic nitrogens is 2. The van der Waals surface area contributed by atoms with Crippen molar-refractivity contribution in [3.05, 3.63) is 48.9 Å². The fraction of sp³-hybridized carbons (Fsp3) is 0. The highest BCUT2D eigenvalue weighted by Crippen LogP contribution is 2.18. The lowest BCUT2D eigenvalue weighted by atomic mass is 10.2. The lowest BCUT2D eigenvalue weighted by Gasteiger charge is -1.93. The molecule has 0 N–H and O–H groups in total. The van der Waals surface area contributed by atoms with Gasteiger partial charge in [0.1, 0.15) is 6.20 Å². The Labute approximate surface area is 75.5 Å². The standard InChI is InChI=1S/C11H7N2/c1-2-4-11-9(3-1)7-10-8-12-5-6-13(10)11/h1-4,6-8H. The summed E-state index contributed by atoms with van der Waals surface area (Å²) in [6.07, 6.45) is 6.50. The molecule has 2 aromatic heterocycles. The van der Waals surface area contributed by atoms with Crippen LogP contribution < -0.4 is 0 Å². The lowest BCUT2D eigenvalue weighted by molar-refractivity contribution is 1.17. The molecule has 0 saturated carbocycles. The van der Waals surface area contributed by atoms with Gasteiger partial charge in [-0.3, -0.25) is 4.98 Å². The minimum absolute atomic E-state index is 1.11. The van der Waals surface area contributed by atoms with Crippen LogP contribution in [0.15, 0.2) is 42.7 Å². The van der Waals surface area contributed by atoms with Crippen molar-refractivity contribution in [1.82, 2.24) is 9.38 Å². The maximum Gasteiger partial charge on any atom is 0.107 e. The van der Waals surface area contributed by atoms with E-state index in [2.05, 4.69) is 33.8 Å². The molecule has 2 heteroatoms. The van der Waals surface area contributed by atoms with Gasteiger partial charge in [0.2, 0.25) is 0 Å². The molecular weight excluding hydrogens is 160 g/mol. The molecule has 1 aromatic carbocycles. The minimum atomic E-state index is 1.11. The van der Waals surface area contributed by atoms with E-state index in [1.54, 1.807) is 0 Å². The fourth-order valence-corrected chi connectivity index (χ4v) is 1.63. The topological polar surface area (TPSA) is 17.3 Å². The first-order chi connectivity index (χ1) is 6.45. The summed E-state index contributed by atoms with van der Waals surface area (Å²) in [4.78, 5) is 3.96. The highest BCUT2D eigenvalue weighted by Gasteiger charge is 1.99. The predicted molar refractivity (Wildman–Crippen MR) is 51.5 cm³/mol. The Morgan fingerprint density at radius 3 is 3.15 bits per heavy atom. The summed E-state index contributed by atoms with van der Waals surface area (Å²) in [5.41, 5.74) is 2.32. The summed E-state index contributed by atoms with van der Waals surface area (Å²) < 4.78 is 2.09. The molecule has 0 unspecified atom stereocenters. The third kappa shape index (κ3) is 0.855. The van der Waals surface area contributed by atoms with E-state index in [0.717, 1.165) is 5.52 Å². The van der Waals surface area contributed by atoms with E-state index in [0.29, 0.717) is 0 Å². The van der Waals surface area contributed by atoms with Crippen LogP contribution >= 0.6 is 0 Å². The first-order valence-corrected chi connectivity index (χ1v) is 4.17. The summed E-state index contributed by atoms with van der Waals surface area (Å²) in [5, 5.41) is 1.24. The quantitative estimate of drug-likeness (QED) is 0.502. The van der Waals surface area contributed by atoms with Gasteiger partial charge < -0.3 is 4.40 Å². The second kappa shape index (κ2) is 2.33. The summed E-state index contributed by atoms with van der Waals surface area (Å²) in [6.45, 7) is 0. The van der Waals surface area contributed by atoms with Gasteiger partial charge in [-0.15, -0.1) is 0 Å². The molecule has 0 spiro atoms. The van der Waals surface area contributed by atoms with Crippen LogP contribution in [0.2, 0.25) is 0 Å². The van der Waals surface area contributed by atoms with E-state index in [-0.39, 0.29) is 0 Å². The number of fused-ring (bicyclic) bond motifs is 3. The molecular formula is C11H7N2. The van der Waals surface area contributed by atoms with Crippen molar-refractivity contribution in [3.8, 4) is 0 Å². The molecule has 0 bridgehead atoms. The van der Waals surface area contributed by atoms with E-state index in [1.165, 1.54) is 10.9 Å². The Bertz CT molecular complexity index is 516. The molecule has 0 amide bonds. The Hall–Kier alpha value is -1.83. The zero-order chi connectivity index (χ0) is 8.67. The van der Waals surface area contributed by atoms with Crippen molar-refractivity contribution < 1.29 is 0 Å². The number of benzene rings is 1. The van der Waals surface area contributed by atoms with Gasteiger partial charge in [0.15, 0.2) is 0 Å². The normalized spacial score (nSPS) is 11.1. The van der Waals surface area contributed by atoms with Gasteiger partial charge in [-0.25, -0.2) is 0 Å². The lowest BCUT2D eigenvalue weighted by Crippen LogP contribution is -1.82. The number of rotatable bonds is 0. The number of para-hydroxylation sites is 1. The highest BCUT2D eigenvalue weighted by atomic mass is 14.9. The van der Waals surface area contributed by atoms with Gasteiger partial charge in [0.25, 0.3) is 0 Å². The van der Waals surface area contributed by atoms with E-state index >= 15 is 0 Å². The summed E-state index contributed by atoms with van der Waals surface area (Å²) in [6, 6.07) is 10.4. The predicted octanol–water partition coefficient (Wildman–Crippen LogP) is 2.29. The average molecular weight is 167 g/mol. The third-order valence-electron chi connectivity index (χ3n) is 2.24. The zero-order valence-electron chi connectivity index (χ0n) is 6.94. The number of nitrogens with zero attached hydrogens (tertiary/aromatic N) is 2. The van der Waals surface area contributed by atoms with Crippen molar-refractivity contribution in [2.75, 3.05) is 0 Å². The van der Waals surface area contributed by atoms with Crippen molar-refractivity contribution >= 4 is 16.4 Å². The largest absolute Gasteiger partial charge is 0.313 e. The van der Waals surface area contributed by atoms with Crippen LogP contribution in [0, 0.1) is 6.20 Å². The van der Waals surface area contributed by atoms with Gasteiger partial charge >= 0.3 is 0 Å². The smallest absolute Gasteiger partial charge is 0.107 e. The molecule has 3 rings (SSSR count). The van der Waals surface area contributed by atoms with Crippen LogP contribution in [0.5, 0.6) is 0 Å². The fourth-order valence-electron chi connectivity index (χ4n) is 1.63. The Kier molecular flexibility index (Phi) is 1.19. The van der Waals surface area contributed by atoms with Gasteiger partial charge in [-0.1, -0.05) is 18.2 Å². The summed E-state index contributed by atoms with van der Waals surface area (Å²) >= 11 is 0. The molecule has 0 aliphatic heterocycles. The van der Waals surface area contributed by atoms with Crippen LogP contribution in [0.4, 0.5) is 0 Å². The van der Waals surface area contributed by atoms with E-state index in [9.17, 15) is 0 Å². The van der Waals surface area contributed by atoms with Crippen LogP contribution in [0.1, 0.15) is 0 Å². The zero-order valence-corrected chi connectivity index (χ0v) is 6.94. The Morgan fingerprint density at radius 2 is 2.15 bits per heavy atom. The molecule has 0 fully saturated rings. The molecule has 0 atom stereocenters. The second-order valence-corrected chi connectivity index (χ2v) is 3.01. The van der Waals surface area contributed by atoms with Crippen molar-refractivity contribution in [2.45, 2.75) is 0 Å². The van der Waals surface area contributed by atoms with E-state index < -0.39 is 0 Å². The highest BCUT2D eigenvalue weighted by molar-refractivity contribution is 5.86. The number of hydrogen-bond donors (Lipinski definition) is 0. The Balaban J connectivity index is 2.64. The number of hydrogen-bond acceptors (Lipinski definition) is 1. The average Bonchev–Trinajstić information content (AvgIpc) is 2.56. The summed E-state index contributed by atoms with van der Waals surface area (Å²) in [7, 11) is 0. The van der Waals surface area contributed by atoms with Gasteiger partial charge in [-0.05, 0) is 12.1 Å². The maximum atomic E-state index is 3.96. The first-order valence-electron chi connectivity index (χ1n) is 4.17. The van der Waals surface area contributed by atoms with Crippen LogP contribution in [0.3, 0.4) is 0 Å². The third-order valence-corrected chi connectivity index (χ3v) is 2.24. The van der Waals surface area contributed by atoms with E-state index in [4.69, 9.17) is 0 Å². The molecule has 1 radical (unpaired) electrons. The summed E-state index contributed by atoms with van der Waals surface area (Å²) in [5.74, 6) is 0. The molecule has 0 aliphatic carbocycles. The van der Waals surface area contributed by atoms with Gasteiger partial charge in [-0.2, -0.15) is 0 Å². The van der Waals surface area contributed by atoms with Crippen LogP contribution in [-0.2, 0) is 0 Å². The van der Waals surface area contributed by atoms with Crippen molar-refractivity contribution in [3.63, 3.8) is 0 Å². The van der Waals surface area contributed by atoms with Crippen LogP contribution in [-0.4, -0.2) is 9.38 Å². The molecule has 61 valence electrons. The van der Waals surface area contributed by atoms with Crippen molar-refractivity contribution in [1.29, 1.82) is 0 Å². The monoisotopic (exact) mass is 167 g/mol. The molecule has 0 aliphatic rings. The van der Waals surface area contributed by atoms with E-state index in [1.807, 2.05) is 24.5 Å². The molecule has 2 nitrogen and oxygen atoms in total. The van der Waals surface area contributed by atoms with Crippen molar-refractivity contribution in [2.24, 2.45) is 0 Å². The second-order valence-electron chi connectivity index (χ2n) is 3.01. The SMILES string of the molecule is [c]1cn2c(cn1)cc1ccccc12. The van der Waals surface area contributed by atoms with Gasteiger partial charge in [0, 0.05) is 11.6 Å². The molecule has 3 aromatic rings.